The van der Waals surface area contributed by atoms with Crippen LogP contribution in [-0.4, -0.2) is 25.9 Å². The van der Waals surface area contributed by atoms with Crippen molar-refractivity contribution in [1.82, 2.24) is 19.9 Å². The predicted octanol–water partition coefficient (Wildman–Crippen LogP) is 7.26. The van der Waals surface area contributed by atoms with Gasteiger partial charge in [0.25, 0.3) is 0 Å². The van der Waals surface area contributed by atoms with Gasteiger partial charge >= 0.3 is 5.69 Å². The molecule has 3 aromatic heterocycles. The van der Waals surface area contributed by atoms with Gasteiger partial charge in [0.15, 0.2) is 0 Å². The molecule has 2 saturated carbocycles. The Labute approximate surface area is 258 Å². The zero-order valence-corrected chi connectivity index (χ0v) is 27.0. The maximum Gasteiger partial charge on any atom is 0.326 e. The fourth-order valence-corrected chi connectivity index (χ4v) is 6.88. The molecule has 0 unspecified atom stereocenters. The minimum Gasteiger partial charge on any atom is -0.397 e. The minimum absolute atomic E-state index is 0.0127. The van der Waals surface area contributed by atoms with E-state index >= 15 is 0 Å². The highest BCUT2D eigenvalue weighted by atomic mass is 127. The van der Waals surface area contributed by atoms with Crippen LogP contribution < -0.4 is 16.7 Å². The summed E-state index contributed by atoms with van der Waals surface area (Å²) in [4.78, 5) is 15.2. The number of halogens is 2. The van der Waals surface area contributed by atoms with Crippen molar-refractivity contribution in [2.75, 3.05) is 11.1 Å². The summed E-state index contributed by atoms with van der Waals surface area (Å²) in [6, 6.07) is 9.21. The van der Waals surface area contributed by atoms with E-state index in [0.717, 1.165) is 87.6 Å². The largest absolute Gasteiger partial charge is 0.397 e. The summed E-state index contributed by atoms with van der Waals surface area (Å²) < 4.78 is 14.6. The summed E-state index contributed by atoms with van der Waals surface area (Å²) in [5.41, 5.74) is 15.8. The lowest BCUT2D eigenvalue weighted by Gasteiger charge is -2.13. The number of aromatic nitrogens is 4. The van der Waals surface area contributed by atoms with Crippen LogP contribution >= 0.6 is 45.2 Å². The summed E-state index contributed by atoms with van der Waals surface area (Å²) in [6.07, 6.45) is 4.66. The van der Waals surface area contributed by atoms with E-state index in [1.54, 1.807) is 0 Å². The molecular formula is C29H30I2N6O3. The van der Waals surface area contributed by atoms with Crippen molar-refractivity contribution in [1.29, 1.82) is 0 Å². The minimum atomic E-state index is -0.0127. The second-order valence-corrected chi connectivity index (χ2v) is 12.9. The maximum absolute atomic E-state index is 12.2. The van der Waals surface area contributed by atoms with Crippen LogP contribution in [0.15, 0.2) is 38.1 Å². The number of hydrogen-bond donors (Lipinski definition) is 3. The van der Waals surface area contributed by atoms with Crippen molar-refractivity contribution in [3.8, 4) is 22.3 Å². The SMILES string of the molecule is Cc1noc(C)c1-c1cc(I)c2c(c1)[nH]c(=O)n2C1CC1.Cc1noc(C)c1-c1cc(N)c(NC2CC2)c(I)c1. The molecule has 2 fully saturated rings. The molecule has 7 rings (SSSR count). The molecule has 3 heterocycles. The highest BCUT2D eigenvalue weighted by Crippen LogP contribution is 2.39. The van der Waals surface area contributed by atoms with Crippen molar-refractivity contribution in [3.05, 3.63) is 64.8 Å². The molecular weight excluding hydrogens is 734 g/mol. The van der Waals surface area contributed by atoms with Crippen LogP contribution in [0.1, 0.15) is 54.6 Å². The van der Waals surface area contributed by atoms with E-state index in [1.807, 2.05) is 44.4 Å². The van der Waals surface area contributed by atoms with Crippen molar-refractivity contribution >= 4 is 67.6 Å². The molecule has 2 aliphatic rings. The maximum atomic E-state index is 12.2. The smallest absolute Gasteiger partial charge is 0.326 e. The third-order valence-corrected chi connectivity index (χ3v) is 9.04. The van der Waals surface area contributed by atoms with E-state index in [-0.39, 0.29) is 5.69 Å². The van der Waals surface area contributed by atoms with Gasteiger partial charge < -0.3 is 25.1 Å². The molecule has 2 aromatic carbocycles. The van der Waals surface area contributed by atoms with Crippen molar-refractivity contribution in [2.24, 2.45) is 0 Å². The van der Waals surface area contributed by atoms with Gasteiger partial charge in [0, 0.05) is 30.4 Å². The number of aryl methyl sites for hydroxylation is 4. The molecule has 0 spiro atoms. The number of fused-ring (bicyclic) bond motifs is 1. The fourth-order valence-electron chi connectivity index (χ4n) is 5.19. The highest BCUT2D eigenvalue weighted by molar-refractivity contribution is 14.1. The molecule has 0 bridgehead atoms. The van der Waals surface area contributed by atoms with Crippen LogP contribution in [0, 0.1) is 34.8 Å². The molecule has 0 aliphatic heterocycles. The van der Waals surface area contributed by atoms with Gasteiger partial charge in [-0.3, -0.25) is 4.57 Å². The average Bonchev–Trinajstić information content (AvgIpc) is 3.81. The van der Waals surface area contributed by atoms with Crippen LogP contribution in [0.2, 0.25) is 0 Å². The van der Waals surface area contributed by atoms with Gasteiger partial charge in [0.1, 0.15) is 11.5 Å². The Balaban J connectivity index is 0.000000145. The summed E-state index contributed by atoms with van der Waals surface area (Å²) >= 11 is 4.63. The molecule has 208 valence electrons. The predicted molar refractivity (Wildman–Crippen MR) is 174 cm³/mol. The van der Waals surface area contributed by atoms with Gasteiger partial charge in [-0.2, -0.15) is 0 Å². The summed E-state index contributed by atoms with van der Waals surface area (Å²) in [6.45, 7) is 7.71. The third kappa shape index (κ3) is 5.17. The number of nitrogens with two attached hydrogens (primary N) is 1. The Bertz CT molecular complexity index is 1740. The van der Waals surface area contributed by atoms with Gasteiger partial charge in [-0.05, 0) is 134 Å². The van der Waals surface area contributed by atoms with Crippen LogP contribution in [0.4, 0.5) is 11.4 Å². The van der Waals surface area contributed by atoms with Gasteiger partial charge in [0.05, 0.1) is 33.8 Å². The lowest BCUT2D eigenvalue weighted by molar-refractivity contribution is 0.393. The zero-order valence-electron chi connectivity index (χ0n) is 22.7. The summed E-state index contributed by atoms with van der Waals surface area (Å²) in [5.74, 6) is 1.63. The van der Waals surface area contributed by atoms with Gasteiger partial charge in [0.2, 0.25) is 0 Å². The Hall–Kier alpha value is -2.81. The van der Waals surface area contributed by atoms with E-state index < -0.39 is 0 Å². The third-order valence-electron chi connectivity index (χ3n) is 7.37. The van der Waals surface area contributed by atoms with Crippen LogP contribution in [-0.2, 0) is 0 Å². The number of imidazole rings is 1. The number of benzene rings is 2. The number of anilines is 2. The number of hydrogen-bond acceptors (Lipinski definition) is 7. The molecule has 9 nitrogen and oxygen atoms in total. The van der Waals surface area contributed by atoms with Gasteiger partial charge in [-0.15, -0.1) is 0 Å². The Kier molecular flexibility index (Phi) is 7.21. The van der Waals surface area contributed by atoms with Crippen LogP contribution in [0.25, 0.3) is 33.3 Å². The highest BCUT2D eigenvalue weighted by Gasteiger charge is 2.28. The molecule has 0 amide bonds. The number of nitrogens with one attached hydrogen (secondary N) is 2. The van der Waals surface area contributed by atoms with Crippen molar-refractivity contribution in [2.45, 2.75) is 65.5 Å². The Morgan fingerprint density at radius 2 is 1.48 bits per heavy atom. The lowest BCUT2D eigenvalue weighted by Crippen LogP contribution is -2.15. The summed E-state index contributed by atoms with van der Waals surface area (Å²) in [5, 5.41) is 11.5. The molecule has 0 saturated heterocycles. The molecule has 0 radical (unpaired) electrons. The van der Waals surface area contributed by atoms with Gasteiger partial charge in [-0.1, -0.05) is 10.3 Å². The molecule has 5 aromatic rings. The molecule has 0 atom stereocenters. The van der Waals surface area contributed by atoms with Crippen LogP contribution in [0.5, 0.6) is 0 Å². The first-order valence-electron chi connectivity index (χ1n) is 13.3. The van der Waals surface area contributed by atoms with Crippen molar-refractivity contribution < 1.29 is 9.05 Å². The zero-order chi connectivity index (χ0) is 28.3. The molecule has 4 N–H and O–H groups in total. The van der Waals surface area contributed by atoms with E-state index in [1.165, 1.54) is 12.8 Å². The number of rotatable bonds is 5. The second kappa shape index (κ2) is 10.5. The fraction of sp³-hybridized carbons (Fsp3) is 0.345. The second-order valence-electron chi connectivity index (χ2n) is 10.6. The van der Waals surface area contributed by atoms with Crippen LogP contribution in [0.3, 0.4) is 0 Å². The lowest BCUT2D eigenvalue weighted by atomic mass is 10.0. The van der Waals surface area contributed by atoms with E-state index in [9.17, 15) is 4.79 Å². The first-order chi connectivity index (χ1) is 19.1. The Morgan fingerprint density at radius 1 is 0.900 bits per heavy atom. The first kappa shape index (κ1) is 27.4. The first-order valence-corrected chi connectivity index (χ1v) is 15.4. The quantitative estimate of drug-likeness (QED) is 0.127. The average molecular weight is 764 g/mol. The number of H-pyrrole nitrogens is 1. The summed E-state index contributed by atoms with van der Waals surface area (Å²) in [7, 11) is 0. The number of nitrogens with zero attached hydrogens (tertiary/aromatic N) is 3. The number of aromatic amines is 1. The molecule has 40 heavy (non-hydrogen) atoms. The standard InChI is InChI=1S/C15H14IN3O2.C14H16IN3O/c1-7-13(8(2)21-18-7)9-5-11(16)14-12(6-9)17-15(20)19(14)10-3-4-10;1-7-13(8(2)19-18-7)9-5-11(15)14(12(16)6-9)17-10-3-4-10/h5-6,10H,3-4H2,1-2H3,(H,17,20);5-6,10,17H,3-4,16H2,1-2H3. The van der Waals surface area contributed by atoms with E-state index in [0.29, 0.717) is 12.1 Å². The van der Waals surface area contributed by atoms with E-state index in [4.69, 9.17) is 14.8 Å². The van der Waals surface area contributed by atoms with Crippen molar-refractivity contribution in [3.63, 3.8) is 0 Å². The topological polar surface area (TPSA) is 128 Å². The normalized spacial score (nSPS) is 14.8. The number of nitrogen functional groups attached to an aromatic ring is 1. The monoisotopic (exact) mass is 764 g/mol. The van der Waals surface area contributed by atoms with E-state index in [2.05, 4.69) is 77.9 Å². The Morgan fingerprint density at radius 3 is 1.98 bits per heavy atom. The molecule has 11 heteroatoms. The molecule has 2 aliphatic carbocycles. The van der Waals surface area contributed by atoms with Gasteiger partial charge in [-0.25, -0.2) is 4.79 Å².